The Balaban J connectivity index is 2.62. The van der Waals surface area contributed by atoms with Crippen LogP contribution >= 0.6 is 11.6 Å². The van der Waals surface area contributed by atoms with Crippen LogP contribution in [0.3, 0.4) is 0 Å². The van der Waals surface area contributed by atoms with Crippen molar-refractivity contribution in [1.82, 2.24) is 9.97 Å². The molecule has 0 amide bonds. The SMILES string of the molecule is CCCCOc1cc(Cl)nc(COC)n1. The third-order valence-corrected chi connectivity index (χ3v) is 1.93. The molecule has 0 aliphatic rings. The van der Waals surface area contributed by atoms with Gasteiger partial charge in [0.2, 0.25) is 5.88 Å². The first kappa shape index (κ1) is 12.2. The predicted molar refractivity (Wildman–Crippen MR) is 58.2 cm³/mol. The third kappa shape index (κ3) is 4.44. The molecule has 84 valence electrons. The molecular formula is C10H15ClN2O2. The lowest BCUT2D eigenvalue weighted by Gasteiger charge is -2.06. The predicted octanol–water partition coefficient (Wildman–Crippen LogP) is 2.46. The van der Waals surface area contributed by atoms with E-state index in [1.54, 1.807) is 13.2 Å². The molecule has 5 heteroatoms. The summed E-state index contributed by atoms with van der Waals surface area (Å²) < 4.78 is 10.3. The van der Waals surface area contributed by atoms with Crippen molar-refractivity contribution in [2.75, 3.05) is 13.7 Å². The topological polar surface area (TPSA) is 44.2 Å². The maximum absolute atomic E-state index is 5.81. The fraction of sp³-hybridized carbons (Fsp3) is 0.600. The number of nitrogens with zero attached hydrogens (tertiary/aromatic N) is 2. The molecule has 1 rings (SSSR count). The summed E-state index contributed by atoms with van der Waals surface area (Å²) in [5, 5.41) is 0.378. The summed E-state index contributed by atoms with van der Waals surface area (Å²) in [6.45, 7) is 3.09. The molecule has 0 radical (unpaired) electrons. The Labute approximate surface area is 94.6 Å². The first-order valence-corrected chi connectivity index (χ1v) is 5.29. The second-order valence-electron chi connectivity index (χ2n) is 3.08. The zero-order valence-corrected chi connectivity index (χ0v) is 9.75. The van der Waals surface area contributed by atoms with E-state index in [-0.39, 0.29) is 0 Å². The number of rotatable bonds is 6. The van der Waals surface area contributed by atoms with Crippen molar-refractivity contribution in [2.24, 2.45) is 0 Å². The van der Waals surface area contributed by atoms with Crippen LogP contribution in [0.5, 0.6) is 5.88 Å². The molecule has 0 fully saturated rings. The highest BCUT2D eigenvalue weighted by molar-refractivity contribution is 6.29. The molecule has 0 atom stereocenters. The summed E-state index contributed by atoms with van der Waals surface area (Å²) in [7, 11) is 1.59. The van der Waals surface area contributed by atoms with E-state index in [1.807, 2.05) is 0 Å². The average Bonchev–Trinajstić information content (AvgIpc) is 2.18. The molecule has 0 saturated carbocycles. The Morgan fingerprint density at radius 3 is 2.87 bits per heavy atom. The normalized spacial score (nSPS) is 10.3. The van der Waals surface area contributed by atoms with Crippen molar-refractivity contribution in [3.8, 4) is 5.88 Å². The highest BCUT2D eigenvalue weighted by Crippen LogP contribution is 2.14. The Bertz CT molecular complexity index is 307. The van der Waals surface area contributed by atoms with E-state index < -0.39 is 0 Å². The molecule has 0 spiro atoms. The zero-order valence-electron chi connectivity index (χ0n) is 8.99. The lowest BCUT2D eigenvalue weighted by atomic mass is 10.4. The largest absolute Gasteiger partial charge is 0.478 e. The second kappa shape index (κ2) is 6.58. The van der Waals surface area contributed by atoms with Crippen LogP contribution in [-0.4, -0.2) is 23.7 Å². The highest BCUT2D eigenvalue weighted by Gasteiger charge is 2.03. The van der Waals surface area contributed by atoms with Crippen molar-refractivity contribution < 1.29 is 9.47 Å². The molecule has 0 saturated heterocycles. The number of unbranched alkanes of at least 4 members (excludes halogenated alkanes) is 1. The fourth-order valence-electron chi connectivity index (χ4n) is 1.03. The van der Waals surface area contributed by atoms with Gasteiger partial charge in [-0.3, -0.25) is 0 Å². The summed E-state index contributed by atoms with van der Waals surface area (Å²) in [4.78, 5) is 8.15. The van der Waals surface area contributed by atoms with E-state index in [2.05, 4.69) is 16.9 Å². The van der Waals surface area contributed by atoms with Crippen molar-refractivity contribution in [3.63, 3.8) is 0 Å². The van der Waals surface area contributed by atoms with Crippen LogP contribution in [0.4, 0.5) is 0 Å². The van der Waals surface area contributed by atoms with E-state index in [9.17, 15) is 0 Å². The summed E-state index contributed by atoms with van der Waals surface area (Å²) in [5.41, 5.74) is 0. The second-order valence-corrected chi connectivity index (χ2v) is 3.47. The van der Waals surface area contributed by atoms with Crippen LogP contribution in [0.1, 0.15) is 25.6 Å². The Morgan fingerprint density at radius 2 is 2.20 bits per heavy atom. The van der Waals surface area contributed by atoms with E-state index in [0.29, 0.717) is 30.1 Å². The van der Waals surface area contributed by atoms with Gasteiger partial charge in [0.25, 0.3) is 0 Å². The summed E-state index contributed by atoms with van der Waals surface area (Å²) in [6, 6.07) is 1.61. The van der Waals surface area contributed by atoms with Gasteiger partial charge in [-0.2, -0.15) is 4.98 Å². The first-order chi connectivity index (χ1) is 7.26. The Kier molecular flexibility index (Phi) is 5.36. The molecule has 1 heterocycles. The van der Waals surface area contributed by atoms with Gasteiger partial charge >= 0.3 is 0 Å². The quantitative estimate of drug-likeness (QED) is 0.556. The number of halogens is 1. The number of methoxy groups -OCH3 is 1. The Morgan fingerprint density at radius 1 is 1.40 bits per heavy atom. The van der Waals surface area contributed by atoms with Crippen LogP contribution in [-0.2, 0) is 11.3 Å². The lowest BCUT2D eigenvalue weighted by molar-refractivity contribution is 0.176. The van der Waals surface area contributed by atoms with E-state index in [1.165, 1.54) is 0 Å². The monoisotopic (exact) mass is 230 g/mol. The van der Waals surface area contributed by atoms with Gasteiger partial charge in [-0.25, -0.2) is 4.98 Å². The molecule has 0 aromatic carbocycles. The molecule has 15 heavy (non-hydrogen) atoms. The number of ether oxygens (including phenoxy) is 2. The molecular weight excluding hydrogens is 216 g/mol. The van der Waals surface area contributed by atoms with Crippen LogP contribution in [0.25, 0.3) is 0 Å². The minimum Gasteiger partial charge on any atom is -0.478 e. The van der Waals surface area contributed by atoms with Crippen molar-refractivity contribution in [3.05, 3.63) is 17.0 Å². The smallest absolute Gasteiger partial charge is 0.218 e. The molecule has 0 aliphatic heterocycles. The van der Waals surface area contributed by atoms with Gasteiger partial charge < -0.3 is 9.47 Å². The van der Waals surface area contributed by atoms with E-state index in [0.717, 1.165) is 12.8 Å². The third-order valence-electron chi connectivity index (χ3n) is 1.74. The summed E-state index contributed by atoms with van der Waals surface area (Å²) in [5.74, 6) is 1.05. The standard InChI is InChI=1S/C10H15ClN2O2/c1-3-4-5-15-10-6-8(11)12-9(13-10)7-14-2/h6H,3-5,7H2,1-2H3. The molecule has 1 aromatic rings. The maximum Gasteiger partial charge on any atom is 0.218 e. The van der Waals surface area contributed by atoms with E-state index in [4.69, 9.17) is 21.1 Å². The Hall–Kier alpha value is -0.870. The maximum atomic E-state index is 5.81. The highest BCUT2D eigenvalue weighted by atomic mass is 35.5. The minimum atomic E-state index is 0.338. The van der Waals surface area contributed by atoms with Crippen molar-refractivity contribution in [2.45, 2.75) is 26.4 Å². The lowest BCUT2D eigenvalue weighted by Crippen LogP contribution is -2.03. The summed E-state index contributed by atoms with van der Waals surface area (Å²) >= 11 is 5.81. The molecule has 0 bridgehead atoms. The molecule has 0 N–H and O–H groups in total. The molecule has 1 aromatic heterocycles. The average molecular weight is 231 g/mol. The van der Waals surface area contributed by atoms with Crippen LogP contribution in [0.2, 0.25) is 5.15 Å². The fourth-order valence-corrected chi connectivity index (χ4v) is 1.22. The van der Waals surface area contributed by atoms with Crippen molar-refractivity contribution >= 4 is 11.6 Å². The number of hydrogen-bond acceptors (Lipinski definition) is 4. The molecule has 4 nitrogen and oxygen atoms in total. The number of aromatic nitrogens is 2. The van der Waals surface area contributed by atoms with Gasteiger partial charge in [0.1, 0.15) is 11.8 Å². The number of hydrogen-bond donors (Lipinski definition) is 0. The van der Waals surface area contributed by atoms with Gasteiger partial charge in [-0.15, -0.1) is 0 Å². The zero-order chi connectivity index (χ0) is 11.1. The van der Waals surface area contributed by atoms with Crippen LogP contribution < -0.4 is 4.74 Å². The summed E-state index contributed by atoms with van der Waals surface area (Å²) in [6.07, 6.45) is 2.09. The van der Waals surface area contributed by atoms with Crippen LogP contribution in [0.15, 0.2) is 6.07 Å². The van der Waals surface area contributed by atoms with Gasteiger partial charge in [0, 0.05) is 13.2 Å². The first-order valence-electron chi connectivity index (χ1n) is 4.91. The van der Waals surface area contributed by atoms with Gasteiger partial charge in [0.05, 0.1) is 6.61 Å². The van der Waals surface area contributed by atoms with E-state index >= 15 is 0 Å². The van der Waals surface area contributed by atoms with Gasteiger partial charge in [-0.05, 0) is 6.42 Å². The van der Waals surface area contributed by atoms with Gasteiger partial charge in [-0.1, -0.05) is 24.9 Å². The minimum absolute atomic E-state index is 0.338. The van der Waals surface area contributed by atoms with Crippen LogP contribution in [0, 0.1) is 0 Å². The van der Waals surface area contributed by atoms with Gasteiger partial charge in [0.15, 0.2) is 5.82 Å². The van der Waals surface area contributed by atoms with Crippen molar-refractivity contribution in [1.29, 1.82) is 0 Å². The molecule has 0 unspecified atom stereocenters. The molecule has 0 aliphatic carbocycles.